The van der Waals surface area contributed by atoms with Gasteiger partial charge >= 0.3 is 6.03 Å². The minimum atomic E-state index is -4.44. The molecule has 2 aromatic rings. The summed E-state index contributed by atoms with van der Waals surface area (Å²) in [6.45, 7) is 4.04. The van der Waals surface area contributed by atoms with Crippen molar-refractivity contribution >= 4 is 33.3 Å². The Balaban J connectivity index is 2.32. The van der Waals surface area contributed by atoms with Crippen LogP contribution in [0.3, 0.4) is 0 Å². The van der Waals surface area contributed by atoms with E-state index in [0.717, 1.165) is 31.0 Å². The SMILES string of the molecule is CCCCCNC(=O)NS(=O)(=O)c1cc([N+](=O)[O-])ccc1Oc1ccc(Cl)c(C)c1. The molecule has 2 amide bonds. The van der Waals surface area contributed by atoms with Gasteiger partial charge in [0.25, 0.3) is 15.7 Å². The highest BCUT2D eigenvalue weighted by atomic mass is 35.5. The molecule has 11 heteroatoms. The number of nitro groups is 1. The van der Waals surface area contributed by atoms with Gasteiger partial charge in [0.05, 0.1) is 4.92 Å². The van der Waals surface area contributed by atoms with Crippen LogP contribution in [0, 0.1) is 17.0 Å². The zero-order chi connectivity index (χ0) is 22.3. The zero-order valence-electron chi connectivity index (χ0n) is 16.5. The van der Waals surface area contributed by atoms with Crippen LogP contribution in [0.5, 0.6) is 11.5 Å². The van der Waals surface area contributed by atoms with Gasteiger partial charge in [0.2, 0.25) is 0 Å². The molecule has 0 spiro atoms. The lowest BCUT2D eigenvalue weighted by molar-refractivity contribution is -0.385. The second kappa shape index (κ2) is 10.3. The van der Waals surface area contributed by atoms with E-state index in [1.54, 1.807) is 19.1 Å². The van der Waals surface area contributed by atoms with Crippen molar-refractivity contribution in [1.82, 2.24) is 10.0 Å². The molecular weight excluding hydrogens is 434 g/mol. The first kappa shape index (κ1) is 23.4. The van der Waals surface area contributed by atoms with Crippen molar-refractivity contribution in [1.29, 1.82) is 0 Å². The number of nitrogens with one attached hydrogen (secondary N) is 2. The summed E-state index contributed by atoms with van der Waals surface area (Å²) in [7, 11) is -4.44. The lowest BCUT2D eigenvalue weighted by Crippen LogP contribution is -2.39. The van der Waals surface area contributed by atoms with Crippen LogP contribution < -0.4 is 14.8 Å². The molecule has 2 aromatic carbocycles. The maximum absolute atomic E-state index is 12.7. The number of rotatable bonds is 9. The average molecular weight is 456 g/mol. The number of hydrogen-bond acceptors (Lipinski definition) is 6. The highest BCUT2D eigenvalue weighted by Gasteiger charge is 2.26. The van der Waals surface area contributed by atoms with Crippen LogP contribution in [-0.4, -0.2) is 25.9 Å². The summed E-state index contributed by atoms with van der Waals surface area (Å²) in [6, 6.07) is 6.89. The standard InChI is InChI=1S/C19H22ClN3O6S/c1-3-4-5-10-21-19(24)22-30(27,28)18-12-14(23(25)26)6-9-17(18)29-15-7-8-16(20)13(2)11-15/h6-9,11-12H,3-5,10H2,1-2H3,(H2,21,22,24). The third-order valence-electron chi connectivity index (χ3n) is 4.08. The Morgan fingerprint density at radius 3 is 2.57 bits per heavy atom. The number of carbonyl (C=O) groups excluding carboxylic acids is 1. The number of sulfonamides is 1. The van der Waals surface area contributed by atoms with Gasteiger partial charge in [-0.2, -0.15) is 0 Å². The Labute approximate surface area is 179 Å². The third-order valence-corrected chi connectivity index (χ3v) is 5.85. The summed E-state index contributed by atoms with van der Waals surface area (Å²) in [4.78, 5) is 21.8. The predicted molar refractivity (Wildman–Crippen MR) is 113 cm³/mol. The molecular formula is C19H22ClN3O6S. The Bertz CT molecular complexity index is 1040. The van der Waals surface area contributed by atoms with Crippen molar-refractivity contribution < 1.29 is 22.9 Å². The van der Waals surface area contributed by atoms with E-state index in [0.29, 0.717) is 23.6 Å². The molecule has 0 heterocycles. The van der Waals surface area contributed by atoms with Crippen molar-refractivity contribution in [2.24, 2.45) is 0 Å². The summed E-state index contributed by atoms with van der Waals surface area (Å²) >= 11 is 5.98. The molecule has 0 aromatic heterocycles. The van der Waals surface area contributed by atoms with Crippen molar-refractivity contribution in [3.8, 4) is 11.5 Å². The fourth-order valence-electron chi connectivity index (χ4n) is 2.50. The van der Waals surface area contributed by atoms with Crippen LogP contribution in [0.2, 0.25) is 5.02 Å². The Kier molecular flexibility index (Phi) is 8.01. The maximum Gasteiger partial charge on any atom is 0.328 e. The van der Waals surface area contributed by atoms with Crippen LogP contribution >= 0.6 is 11.6 Å². The van der Waals surface area contributed by atoms with E-state index in [-0.39, 0.29) is 11.5 Å². The summed E-state index contributed by atoms with van der Waals surface area (Å²) < 4.78 is 33.0. The first-order valence-corrected chi connectivity index (χ1v) is 11.0. The smallest absolute Gasteiger partial charge is 0.328 e. The number of nitro benzene ring substituents is 1. The van der Waals surface area contributed by atoms with E-state index >= 15 is 0 Å². The van der Waals surface area contributed by atoms with E-state index in [1.807, 2.05) is 11.6 Å². The molecule has 0 atom stereocenters. The first-order valence-electron chi connectivity index (χ1n) is 9.17. The number of benzene rings is 2. The largest absolute Gasteiger partial charge is 0.456 e. The second-order valence-corrected chi connectivity index (χ2v) is 8.53. The minimum absolute atomic E-state index is 0.173. The molecule has 0 saturated carbocycles. The van der Waals surface area contributed by atoms with Gasteiger partial charge < -0.3 is 10.1 Å². The summed E-state index contributed by atoms with van der Waals surface area (Å²) in [5.74, 6) is 0.111. The second-order valence-electron chi connectivity index (χ2n) is 6.47. The van der Waals surface area contributed by atoms with Gasteiger partial charge in [-0.25, -0.2) is 17.9 Å². The van der Waals surface area contributed by atoms with E-state index in [1.165, 1.54) is 6.07 Å². The van der Waals surface area contributed by atoms with Gasteiger partial charge in [-0.15, -0.1) is 0 Å². The Hall–Kier alpha value is -2.85. The molecule has 0 aliphatic heterocycles. The molecule has 2 N–H and O–H groups in total. The molecule has 9 nitrogen and oxygen atoms in total. The lowest BCUT2D eigenvalue weighted by atomic mass is 10.2. The summed E-state index contributed by atoms with van der Waals surface area (Å²) in [5.41, 5.74) is 0.239. The lowest BCUT2D eigenvalue weighted by Gasteiger charge is -2.13. The number of carbonyl (C=O) groups is 1. The number of hydrogen-bond donors (Lipinski definition) is 2. The van der Waals surface area contributed by atoms with Gasteiger partial charge in [-0.1, -0.05) is 31.4 Å². The molecule has 0 bridgehead atoms. The third kappa shape index (κ3) is 6.33. The highest BCUT2D eigenvalue weighted by Crippen LogP contribution is 2.33. The number of aryl methyl sites for hydroxylation is 1. The molecule has 2 rings (SSSR count). The molecule has 0 unspecified atom stereocenters. The Morgan fingerprint density at radius 2 is 1.93 bits per heavy atom. The van der Waals surface area contributed by atoms with E-state index in [4.69, 9.17) is 16.3 Å². The average Bonchev–Trinajstić information content (AvgIpc) is 2.68. The number of halogens is 1. The normalized spacial score (nSPS) is 11.0. The van der Waals surface area contributed by atoms with Gasteiger partial charge in [0.1, 0.15) is 16.4 Å². The van der Waals surface area contributed by atoms with Crippen LogP contribution in [0.1, 0.15) is 31.7 Å². The van der Waals surface area contributed by atoms with Gasteiger partial charge in [-0.05, 0) is 43.2 Å². The molecule has 0 aliphatic carbocycles. The van der Waals surface area contributed by atoms with Crippen molar-refractivity contribution in [3.63, 3.8) is 0 Å². The number of urea groups is 1. The molecule has 162 valence electrons. The topological polar surface area (TPSA) is 128 Å². The number of unbranched alkanes of at least 4 members (excludes halogenated alkanes) is 2. The predicted octanol–water partition coefficient (Wildman–Crippen LogP) is 4.53. The monoisotopic (exact) mass is 455 g/mol. The summed E-state index contributed by atoms with van der Waals surface area (Å²) in [5, 5.41) is 14.1. The number of amides is 2. The van der Waals surface area contributed by atoms with E-state index in [9.17, 15) is 23.3 Å². The van der Waals surface area contributed by atoms with Crippen molar-refractivity contribution in [2.45, 2.75) is 38.0 Å². The van der Waals surface area contributed by atoms with E-state index in [2.05, 4.69) is 5.32 Å². The molecule has 0 aliphatic rings. The van der Waals surface area contributed by atoms with Crippen LogP contribution in [0.15, 0.2) is 41.3 Å². The van der Waals surface area contributed by atoms with E-state index < -0.39 is 31.6 Å². The molecule has 0 fully saturated rings. The van der Waals surface area contributed by atoms with Gasteiger partial charge in [0.15, 0.2) is 0 Å². The molecule has 0 saturated heterocycles. The molecule has 30 heavy (non-hydrogen) atoms. The maximum atomic E-state index is 12.7. The summed E-state index contributed by atoms with van der Waals surface area (Å²) in [6.07, 6.45) is 2.53. The molecule has 0 radical (unpaired) electrons. The van der Waals surface area contributed by atoms with Crippen molar-refractivity contribution in [3.05, 3.63) is 57.1 Å². The minimum Gasteiger partial charge on any atom is -0.456 e. The number of ether oxygens (including phenoxy) is 1. The van der Waals surface area contributed by atoms with Crippen LogP contribution in [0.25, 0.3) is 0 Å². The highest BCUT2D eigenvalue weighted by molar-refractivity contribution is 7.90. The van der Waals surface area contributed by atoms with Gasteiger partial charge in [-0.3, -0.25) is 10.1 Å². The first-order chi connectivity index (χ1) is 14.1. The number of non-ortho nitro benzene ring substituents is 1. The number of nitrogens with zero attached hydrogens (tertiary/aromatic N) is 1. The van der Waals surface area contributed by atoms with Crippen LogP contribution in [0.4, 0.5) is 10.5 Å². The Morgan fingerprint density at radius 1 is 1.20 bits per heavy atom. The zero-order valence-corrected chi connectivity index (χ0v) is 18.0. The van der Waals surface area contributed by atoms with Crippen molar-refractivity contribution in [2.75, 3.05) is 6.54 Å². The van der Waals surface area contributed by atoms with Crippen LogP contribution in [-0.2, 0) is 10.0 Å². The quantitative estimate of drug-likeness (QED) is 0.325. The fraction of sp³-hybridized carbons (Fsp3) is 0.316. The van der Waals surface area contributed by atoms with Gasteiger partial charge in [0, 0.05) is 23.7 Å². The fourth-order valence-corrected chi connectivity index (χ4v) is 3.70.